The van der Waals surface area contributed by atoms with Gasteiger partial charge in [-0.25, -0.2) is 9.07 Å². The predicted molar refractivity (Wildman–Crippen MR) is 136 cm³/mol. The molecule has 0 bridgehead atoms. The monoisotopic (exact) mass is 511 g/mol. The molecule has 3 fully saturated rings. The van der Waals surface area contributed by atoms with Gasteiger partial charge < -0.3 is 15.3 Å². The lowest BCUT2D eigenvalue weighted by Crippen LogP contribution is -2.56. The zero-order chi connectivity index (χ0) is 26.8. The fraction of sp³-hybridized carbons (Fsp3) is 0.643. The van der Waals surface area contributed by atoms with Gasteiger partial charge in [-0.05, 0) is 48.8 Å². The van der Waals surface area contributed by atoms with Crippen LogP contribution < -0.4 is 5.32 Å². The van der Waals surface area contributed by atoms with E-state index in [2.05, 4.69) is 29.5 Å². The molecule has 3 aliphatic rings. The number of carbonyl (C=O) groups is 2. The van der Waals surface area contributed by atoms with Crippen molar-refractivity contribution in [1.29, 1.82) is 0 Å². The summed E-state index contributed by atoms with van der Waals surface area (Å²) in [6.45, 7) is 10.1. The van der Waals surface area contributed by atoms with E-state index in [9.17, 15) is 19.1 Å². The number of aromatic nitrogens is 3. The topological polar surface area (TPSA) is 100 Å². The molecular weight excluding hydrogens is 473 g/mol. The lowest BCUT2D eigenvalue weighted by atomic mass is 9.75. The number of β-amino-alcohol motifs (C(OH)–C–C–N with tert-alkyl or cyclic N) is 1. The standard InChI is InChI=1S/C28H38FN5O3/c1-26(2,3)23(34-16-21(31-32-34)17-6-7-17)25(37)33-15-20(35)14-22(33)24(36)30-28(12-13-28)27(4,5)18-8-10-19(29)11-9-18/h8-11,16-17,20,22-23,35H,6-7,12-15H2,1-5H3,(H,30,36)/t20-,22+,23-/m1/s1. The smallest absolute Gasteiger partial charge is 0.248 e. The zero-order valence-corrected chi connectivity index (χ0v) is 22.4. The van der Waals surface area contributed by atoms with E-state index >= 15 is 0 Å². The Bertz CT molecular complexity index is 1180. The van der Waals surface area contributed by atoms with E-state index in [1.165, 1.54) is 17.0 Å². The van der Waals surface area contributed by atoms with Crippen molar-refractivity contribution in [3.63, 3.8) is 0 Å². The highest BCUT2D eigenvalue weighted by atomic mass is 19.1. The molecular formula is C28H38FN5O3. The third-order valence-electron chi connectivity index (χ3n) is 8.58. The Morgan fingerprint density at radius 2 is 1.78 bits per heavy atom. The minimum Gasteiger partial charge on any atom is -0.391 e. The van der Waals surface area contributed by atoms with Crippen molar-refractivity contribution in [2.24, 2.45) is 5.41 Å². The first-order valence-electron chi connectivity index (χ1n) is 13.3. The van der Waals surface area contributed by atoms with Crippen LogP contribution in [0.2, 0.25) is 0 Å². The number of amides is 2. The van der Waals surface area contributed by atoms with Crippen LogP contribution in [0, 0.1) is 11.2 Å². The molecule has 37 heavy (non-hydrogen) atoms. The molecule has 9 heteroatoms. The Kier molecular flexibility index (Phi) is 6.21. The summed E-state index contributed by atoms with van der Waals surface area (Å²) in [5.41, 5.74) is 0.435. The average Bonchev–Trinajstić information content (AvgIpc) is 3.73. The van der Waals surface area contributed by atoms with E-state index in [0.717, 1.165) is 36.9 Å². The number of benzene rings is 1. The molecule has 2 aromatic rings. The first-order valence-corrected chi connectivity index (χ1v) is 13.3. The number of hydrogen-bond acceptors (Lipinski definition) is 5. The molecule has 2 amide bonds. The minimum absolute atomic E-state index is 0.0992. The van der Waals surface area contributed by atoms with Gasteiger partial charge in [0.1, 0.15) is 17.9 Å². The average molecular weight is 512 g/mol. The molecule has 2 aliphatic carbocycles. The van der Waals surface area contributed by atoms with Gasteiger partial charge in [-0.3, -0.25) is 9.59 Å². The van der Waals surface area contributed by atoms with Crippen LogP contribution in [-0.4, -0.2) is 61.0 Å². The number of aliphatic hydroxyl groups is 1. The Morgan fingerprint density at radius 1 is 1.14 bits per heavy atom. The second-order valence-electron chi connectivity index (χ2n) is 12.8. The van der Waals surface area contributed by atoms with Crippen LogP contribution >= 0.6 is 0 Å². The molecule has 1 aliphatic heterocycles. The van der Waals surface area contributed by atoms with E-state index in [0.29, 0.717) is 5.92 Å². The fourth-order valence-corrected chi connectivity index (χ4v) is 5.82. The number of rotatable bonds is 7. The molecule has 8 nitrogen and oxygen atoms in total. The van der Waals surface area contributed by atoms with E-state index < -0.39 is 34.6 Å². The number of carbonyl (C=O) groups excluding carboxylic acids is 2. The molecule has 1 aromatic carbocycles. The van der Waals surface area contributed by atoms with Crippen molar-refractivity contribution in [3.8, 4) is 0 Å². The highest BCUT2D eigenvalue weighted by Gasteiger charge is 2.57. The van der Waals surface area contributed by atoms with Gasteiger partial charge in [-0.2, -0.15) is 0 Å². The molecule has 2 N–H and O–H groups in total. The van der Waals surface area contributed by atoms with E-state index in [4.69, 9.17) is 0 Å². The summed E-state index contributed by atoms with van der Waals surface area (Å²) in [6, 6.07) is 4.97. The van der Waals surface area contributed by atoms with Crippen LogP contribution in [0.5, 0.6) is 0 Å². The third-order valence-corrected chi connectivity index (χ3v) is 8.58. The molecule has 1 saturated heterocycles. The van der Waals surface area contributed by atoms with E-state index in [1.807, 2.05) is 27.0 Å². The van der Waals surface area contributed by atoms with Crippen LogP contribution in [0.1, 0.15) is 89.9 Å². The Morgan fingerprint density at radius 3 is 2.35 bits per heavy atom. The Hall–Kier alpha value is -2.81. The summed E-state index contributed by atoms with van der Waals surface area (Å²) < 4.78 is 15.2. The summed E-state index contributed by atoms with van der Waals surface area (Å²) in [7, 11) is 0. The van der Waals surface area contributed by atoms with Crippen LogP contribution in [0.4, 0.5) is 4.39 Å². The molecule has 5 rings (SSSR count). The molecule has 3 atom stereocenters. The third kappa shape index (κ3) is 4.78. The lowest BCUT2D eigenvalue weighted by molar-refractivity contribution is -0.144. The van der Waals surface area contributed by atoms with Gasteiger partial charge in [0.15, 0.2) is 0 Å². The molecule has 1 aromatic heterocycles. The van der Waals surface area contributed by atoms with Gasteiger partial charge in [0, 0.05) is 36.0 Å². The molecule has 2 heterocycles. The van der Waals surface area contributed by atoms with Gasteiger partial charge in [0.2, 0.25) is 11.8 Å². The van der Waals surface area contributed by atoms with Crippen LogP contribution in [0.25, 0.3) is 0 Å². The van der Waals surface area contributed by atoms with E-state index in [1.54, 1.807) is 16.8 Å². The lowest BCUT2D eigenvalue weighted by Gasteiger charge is -2.38. The summed E-state index contributed by atoms with van der Waals surface area (Å²) in [5, 5.41) is 22.4. The number of likely N-dealkylation sites (tertiary alicyclic amines) is 1. The normalized spacial score (nSPS) is 24.1. The second-order valence-corrected chi connectivity index (χ2v) is 12.8. The van der Waals surface area contributed by atoms with Crippen LogP contribution in [-0.2, 0) is 15.0 Å². The van der Waals surface area contributed by atoms with Crippen molar-refractivity contribution in [3.05, 3.63) is 47.5 Å². The highest BCUT2D eigenvalue weighted by Crippen LogP contribution is 2.51. The maximum absolute atomic E-state index is 14.0. The van der Waals surface area contributed by atoms with Gasteiger partial charge in [0.25, 0.3) is 0 Å². The first-order chi connectivity index (χ1) is 17.3. The van der Waals surface area contributed by atoms with Crippen LogP contribution in [0.3, 0.4) is 0 Å². The number of nitrogens with zero attached hydrogens (tertiary/aromatic N) is 4. The molecule has 0 unspecified atom stereocenters. The summed E-state index contributed by atoms with van der Waals surface area (Å²) in [4.78, 5) is 29.2. The maximum Gasteiger partial charge on any atom is 0.248 e. The summed E-state index contributed by atoms with van der Waals surface area (Å²) >= 11 is 0. The fourth-order valence-electron chi connectivity index (χ4n) is 5.82. The summed E-state index contributed by atoms with van der Waals surface area (Å²) in [5.74, 6) is -0.384. The van der Waals surface area contributed by atoms with Crippen molar-refractivity contribution in [2.75, 3.05) is 6.54 Å². The van der Waals surface area contributed by atoms with Crippen molar-refractivity contribution >= 4 is 11.8 Å². The first kappa shape index (κ1) is 25.8. The number of nitrogens with one attached hydrogen (secondary N) is 1. The van der Waals surface area contributed by atoms with Crippen molar-refractivity contribution < 1.29 is 19.1 Å². The van der Waals surface area contributed by atoms with Gasteiger partial charge >= 0.3 is 0 Å². The quantitative estimate of drug-likeness (QED) is 0.593. The zero-order valence-electron chi connectivity index (χ0n) is 22.4. The Balaban J connectivity index is 1.37. The van der Waals surface area contributed by atoms with Gasteiger partial charge in [-0.15, -0.1) is 5.10 Å². The maximum atomic E-state index is 14.0. The van der Waals surface area contributed by atoms with Gasteiger partial charge in [-0.1, -0.05) is 52.0 Å². The SMILES string of the molecule is CC(C)(C)[C@@H](C(=O)N1C[C@H](O)C[C@H]1C(=O)NC1(C(C)(C)c2ccc(F)cc2)CC1)n1cc(C2CC2)nn1. The molecule has 2 saturated carbocycles. The molecule has 0 radical (unpaired) electrons. The van der Waals surface area contributed by atoms with Crippen molar-refractivity contribution in [1.82, 2.24) is 25.2 Å². The highest BCUT2D eigenvalue weighted by molar-refractivity contribution is 5.91. The Labute approximate surface area is 217 Å². The van der Waals surface area contributed by atoms with E-state index in [-0.39, 0.29) is 30.6 Å². The number of aliphatic hydroxyl groups excluding tert-OH is 1. The summed E-state index contributed by atoms with van der Waals surface area (Å²) in [6.07, 6.45) is 5.02. The van der Waals surface area contributed by atoms with Crippen molar-refractivity contribution in [2.45, 2.75) is 102 Å². The molecule has 200 valence electrons. The molecule has 0 spiro atoms. The largest absolute Gasteiger partial charge is 0.391 e. The number of halogens is 1. The van der Waals surface area contributed by atoms with Crippen LogP contribution in [0.15, 0.2) is 30.5 Å². The minimum atomic E-state index is -0.779. The second kappa shape index (κ2) is 8.89. The van der Waals surface area contributed by atoms with Gasteiger partial charge in [0.05, 0.1) is 11.8 Å². The number of hydrogen-bond donors (Lipinski definition) is 2. The predicted octanol–water partition coefficient (Wildman–Crippen LogP) is 3.47.